The van der Waals surface area contributed by atoms with Crippen LogP contribution in [0.15, 0.2) is 31.0 Å². The number of fused-ring (bicyclic) bond motifs is 1. The van der Waals surface area contributed by atoms with Gasteiger partial charge in [0.25, 0.3) is 11.8 Å². The lowest BCUT2D eigenvalue weighted by Crippen LogP contribution is -2.54. The van der Waals surface area contributed by atoms with E-state index in [1.165, 1.54) is 6.26 Å². The lowest BCUT2D eigenvalue weighted by molar-refractivity contribution is -0.136. The second kappa shape index (κ2) is 27.1. The highest BCUT2D eigenvalue weighted by molar-refractivity contribution is 6.25. The average molecular weight is 740 g/mol. The number of benzene rings is 1. The third-order valence-electron chi connectivity index (χ3n) is 7.47. The van der Waals surface area contributed by atoms with Gasteiger partial charge in [0, 0.05) is 18.7 Å². The van der Waals surface area contributed by atoms with Crippen LogP contribution in [0.5, 0.6) is 0 Å². The number of amides is 4. The quantitative estimate of drug-likeness (QED) is 0.0585. The summed E-state index contributed by atoms with van der Waals surface area (Å²) < 4.78 is 54.1. The fourth-order valence-corrected chi connectivity index (χ4v) is 4.97. The van der Waals surface area contributed by atoms with Gasteiger partial charge in [0.15, 0.2) is 0 Å². The van der Waals surface area contributed by atoms with Crippen molar-refractivity contribution in [2.45, 2.75) is 18.9 Å². The van der Waals surface area contributed by atoms with Crippen LogP contribution in [0.25, 0.3) is 0 Å². The highest BCUT2D eigenvalue weighted by atomic mass is 16.6. The van der Waals surface area contributed by atoms with Crippen molar-refractivity contribution >= 4 is 29.3 Å². The number of ether oxygens (including phenoxy) is 10. The van der Waals surface area contributed by atoms with E-state index >= 15 is 0 Å². The Bertz CT molecular complexity index is 1220. The molecule has 2 aliphatic heterocycles. The van der Waals surface area contributed by atoms with Gasteiger partial charge in [-0.1, -0.05) is 12.6 Å². The van der Waals surface area contributed by atoms with E-state index in [1.807, 2.05) is 0 Å². The molecule has 17 heteroatoms. The van der Waals surface area contributed by atoms with Crippen LogP contribution < -0.4 is 10.6 Å². The van der Waals surface area contributed by atoms with Crippen LogP contribution in [-0.4, -0.2) is 167 Å². The molecule has 1 aromatic carbocycles. The zero-order valence-corrected chi connectivity index (χ0v) is 29.8. The SMILES string of the molecule is C=COCCOCCOCCOCCOCCOCCOCCOCCOCCOCCNc1cccc2c1C(=O)N(C1CCC(=O)NC1=O)C2=O. The summed E-state index contributed by atoms with van der Waals surface area (Å²) in [5.74, 6) is -2.17. The van der Waals surface area contributed by atoms with Crippen LogP contribution in [0.4, 0.5) is 5.69 Å². The second-order valence-corrected chi connectivity index (χ2v) is 11.2. The van der Waals surface area contributed by atoms with Gasteiger partial charge in [0.05, 0.1) is 136 Å². The van der Waals surface area contributed by atoms with Gasteiger partial charge in [0.2, 0.25) is 11.8 Å². The number of nitrogens with one attached hydrogen (secondary N) is 2. The van der Waals surface area contributed by atoms with Gasteiger partial charge >= 0.3 is 0 Å². The zero-order valence-electron chi connectivity index (χ0n) is 29.8. The summed E-state index contributed by atoms with van der Waals surface area (Å²) in [5, 5.41) is 5.33. The standard InChI is InChI=1S/C35H53N3O14/c1-2-43-10-11-45-14-15-47-18-19-49-22-23-51-26-27-52-25-24-50-21-20-48-17-16-46-13-12-44-9-8-36-29-5-3-4-28-32(29)35(42)38(34(28)41)30-6-7-31(39)37-33(30)40/h2-5,30,36H,1,6-27H2,(H,37,39,40). The third kappa shape index (κ3) is 16.4. The molecule has 0 spiro atoms. The molecule has 17 nitrogen and oxygen atoms in total. The monoisotopic (exact) mass is 739 g/mol. The maximum Gasteiger partial charge on any atom is 0.264 e. The third-order valence-corrected chi connectivity index (χ3v) is 7.47. The van der Waals surface area contributed by atoms with E-state index in [-0.39, 0.29) is 24.0 Å². The van der Waals surface area contributed by atoms with Crippen molar-refractivity contribution in [3.63, 3.8) is 0 Å². The fourth-order valence-electron chi connectivity index (χ4n) is 4.97. The van der Waals surface area contributed by atoms with E-state index in [4.69, 9.17) is 47.4 Å². The molecule has 0 bridgehead atoms. The van der Waals surface area contributed by atoms with Crippen molar-refractivity contribution < 1.29 is 66.5 Å². The van der Waals surface area contributed by atoms with Gasteiger partial charge in [-0.3, -0.25) is 29.4 Å². The summed E-state index contributed by atoms with van der Waals surface area (Å²) in [5.41, 5.74) is 0.907. The Balaban J connectivity index is 1.04. The molecule has 2 heterocycles. The van der Waals surface area contributed by atoms with Gasteiger partial charge in [0.1, 0.15) is 12.6 Å². The Morgan fingerprint density at radius 3 is 1.52 bits per heavy atom. The Morgan fingerprint density at radius 2 is 1.08 bits per heavy atom. The Hall–Kier alpha value is -3.52. The van der Waals surface area contributed by atoms with E-state index < -0.39 is 29.7 Å². The predicted octanol–water partition coefficient (Wildman–Crippen LogP) is 0.809. The number of nitrogens with zero attached hydrogens (tertiary/aromatic N) is 1. The van der Waals surface area contributed by atoms with Crippen molar-refractivity contribution in [3.05, 3.63) is 42.2 Å². The number of imide groups is 2. The first-order chi connectivity index (χ1) is 25.5. The maximum atomic E-state index is 13.1. The van der Waals surface area contributed by atoms with Gasteiger partial charge in [-0.15, -0.1) is 0 Å². The number of piperidine rings is 1. The highest BCUT2D eigenvalue weighted by Crippen LogP contribution is 2.32. The maximum absolute atomic E-state index is 13.1. The van der Waals surface area contributed by atoms with Crippen LogP contribution in [0.3, 0.4) is 0 Å². The number of hydrogen-bond donors (Lipinski definition) is 2. The van der Waals surface area contributed by atoms with Gasteiger partial charge < -0.3 is 52.7 Å². The van der Waals surface area contributed by atoms with Crippen molar-refractivity contribution in [1.82, 2.24) is 10.2 Å². The summed E-state index contributed by atoms with van der Waals surface area (Å²) in [7, 11) is 0. The molecule has 4 amide bonds. The lowest BCUT2D eigenvalue weighted by atomic mass is 10.0. The molecule has 1 unspecified atom stereocenters. The van der Waals surface area contributed by atoms with Crippen LogP contribution >= 0.6 is 0 Å². The van der Waals surface area contributed by atoms with Crippen LogP contribution in [-0.2, 0) is 57.0 Å². The molecular formula is C35H53N3O14. The first kappa shape index (κ1) is 42.9. The van der Waals surface area contributed by atoms with Crippen molar-refractivity contribution in [1.29, 1.82) is 0 Å². The molecule has 3 rings (SSSR count). The number of rotatable bonds is 33. The van der Waals surface area contributed by atoms with E-state index in [1.54, 1.807) is 18.2 Å². The minimum atomic E-state index is -1.01. The van der Waals surface area contributed by atoms with Crippen LogP contribution in [0, 0.1) is 0 Å². The molecule has 1 aromatic rings. The van der Waals surface area contributed by atoms with Crippen molar-refractivity contribution in [3.8, 4) is 0 Å². The number of carbonyl (C=O) groups is 4. The summed E-state index contributed by atoms with van der Waals surface area (Å²) in [6, 6.07) is 3.90. The smallest absolute Gasteiger partial charge is 0.264 e. The largest absolute Gasteiger partial charge is 0.499 e. The molecule has 0 aromatic heterocycles. The molecule has 1 fully saturated rings. The summed E-state index contributed by atoms with van der Waals surface area (Å²) in [4.78, 5) is 50.8. The molecule has 52 heavy (non-hydrogen) atoms. The Labute approximate surface area is 304 Å². The van der Waals surface area contributed by atoms with Crippen LogP contribution in [0.1, 0.15) is 33.6 Å². The molecule has 0 radical (unpaired) electrons. The molecule has 0 aliphatic carbocycles. The lowest BCUT2D eigenvalue weighted by Gasteiger charge is -2.27. The molecule has 2 N–H and O–H groups in total. The molecule has 1 saturated heterocycles. The number of hydrogen-bond acceptors (Lipinski definition) is 15. The molecular weight excluding hydrogens is 686 g/mol. The molecule has 292 valence electrons. The average Bonchev–Trinajstić information content (AvgIpc) is 3.39. The number of anilines is 1. The summed E-state index contributed by atoms with van der Waals surface area (Å²) in [6.07, 6.45) is 1.56. The first-order valence-electron chi connectivity index (χ1n) is 17.5. The minimum absolute atomic E-state index is 0.0660. The first-order valence-corrected chi connectivity index (χ1v) is 17.5. The topological polar surface area (TPSA) is 188 Å². The Kier molecular flexibility index (Phi) is 22.4. The molecule has 1 atom stereocenters. The van der Waals surface area contributed by atoms with E-state index in [9.17, 15) is 19.2 Å². The van der Waals surface area contributed by atoms with Crippen LogP contribution in [0.2, 0.25) is 0 Å². The highest BCUT2D eigenvalue weighted by Gasteiger charge is 2.45. The van der Waals surface area contributed by atoms with Gasteiger partial charge in [-0.2, -0.15) is 0 Å². The van der Waals surface area contributed by atoms with Crippen molar-refractivity contribution in [2.75, 3.05) is 137 Å². The normalized spacial score (nSPS) is 15.6. The van der Waals surface area contributed by atoms with Gasteiger partial charge in [-0.05, 0) is 18.6 Å². The minimum Gasteiger partial charge on any atom is -0.499 e. The van der Waals surface area contributed by atoms with E-state index in [0.29, 0.717) is 138 Å². The van der Waals surface area contributed by atoms with E-state index in [0.717, 1.165) is 4.90 Å². The fraction of sp³-hybridized carbons (Fsp3) is 0.657. The Morgan fingerprint density at radius 1 is 0.635 bits per heavy atom. The summed E-state index contributed by atoms with van der Waals surface area (Å²) >= 11 is 0. The second-order valence-electron chi connectivity index (χ2n) is 11.2. The predicted molar refractivity (Wildman–Crippen MR) is 185 cm³/mol. The van der Waals surface area contributed by atoms with Gasteiger partial charge in [-0.25, -0.2) is 0 Å². The zero-order chi connectivity index (χ0) is 37.1. The molecule has 0 saturated carbocycles. The number of carbonyl (C=O) groups excluding carboxylic acids is 4. The summed E-state index contributed by atoms with van der Waals surface area (Å²) in [6.45, 7) is 12.6. The van der Waals surface area contributed by atoms with Crippen molar-refractivity contribution in [2.24, 2.45) is 0 Å². The molecule has 2 aliphatic rings. The van der Waals surface area contributed by atoms with E-state index in [2.05, 4.69) is 17.2 Å².